The van der Waals surface area contributed by atoms with Crippen LogP contribution in [-0.2, 0) is 12.7 Å². The van der Waals surface area contributed by atoms with Gasteiger partial charge in [0.15, 0.2) is 5.69 Å². The molecule has 0 saturated carbocycles. The number of nitrogens with one attached hydrogen (secondary N) is 1. The Morgan fingerprint density at radius 1 is 0.722 bits per heavy atom. The molecule has 0 bridgehead atoms. The lowest BCUT2D eigenvalue weighted by Crippen LogP contribution is -2.17. The Balaban J connectivity index is 1.74. The Labute approximate surface area is 195 Å². The summed E-state index contributed by atoms with van der Waals surface area (Å²) in [5, 5.41) is 9.66. The first-order valence-electron chi connectivity index (χ1n) is 9.48. The lowest BCUT2D eigenvalue weighted by Gasteiger charge is -2.11. The van der Waals surface area contributed by atoms with Gasteiger partial charge < -0.3 is 14.8 Å². The summed E-state index contributed by atoms with van der Waals surface area (Å²) in [4.78, 5) is 7.03. The standard InChI is InChI=1S/C20H12F9N5O2/c21-18(22,23)15-9-16(31-12-3-7-14(8-4-12)36-20(27,28)29)33-17(32-15)34-30-10-11-1-5-13(6-2-11)35-19(24,25)26/h1-9H,10H2,(H,31,32,33). The fourth-order valence-electron chi connectivity index (χ4n) is 2.55. The fraction of sp³-hybridized carbons (Fsp3) is 0.200. The van der Waals surface area contributed by atoms with Crippen molar-refractivity contribution in [2.24, 2.45) is 10.2 Å². The third-order valence-corrected chi connectivity index (χ3v) is 3.94. The number of hydrogen-bond acceptors (Lipinski definition) is 7. The molecule has 3 aromatic rings. The molecule has 1 heterocycles. The van der Waals surface area contributed by atoms with Crippen LogP contribution in [0.2, 0.25) is 0 Å². The number of rotatable bonds is 7. The monoisotopic (exact) mass is 525 g/mol. The van der Waals surface area contributed by atoms with Gasteiger partial charge in [-0.05, 0) is 42.0 Å². The zero-order valence-corrected chi connectivity index (χ0v) is 17.4. The van der Waals surface area contributed by atoms with E-state index < -0.39 is 42.0 Å². The molecule has 1 aromatic heterocycles. The summed E-state index contributed by atoms with van der Waals surface area (Å²) in [5.74, 6) is -2.09. The van der Waals surface area contributed by atoms with E-state index in [1.54, 1.807) is 0 Å². The van der Waals surface area contributed by atoms with Gasteiger partial charge in [0.1, 0.15) is 17.3 Å². The van der Waals surface area contributed by atoms with Crippen molar-refractivity contribution < 1.29 is 49.0 Å². The number of azo groups is 1. The van der Waals surface area contributed by atoms with E-state index in [9.17, 15) is 39.5 Å². The van der Waals surface area contributed by atoms with E-state index in [0.29, 0.717) is 11.6 Å². The van der Waals surface area contributed by atoms with Crippen LogP contribution in [0.5, 0.6) is 11.5 Å². The van der Waals surface area contributed by atoms with E-state index in [0.717, 1.165) is 36.4 Å². The molecule has 0 radical (unpaired) electrons. The normalized spacial score (nSPS) is 12.6. The van der Waals surface area contributed by atoms with E-state index in [1.807, 2.05) is 0 Å². The molecule has 0 fully saturated rings. The van der Waals surface area contributed by atoms with Gasteiger partial charge in [0, 0.05) is 11.8 Å². The predicted octanol–water partition coefficient (Wildman–Crippen LogP) is 7.32. The number of ether oxygens (including phenoxy) is 2. The molecule has 0 aliphatic heterocycles. The largest absolute Gasteiger partial charge is 0.573 e. The Morgan fingerprint density at radius 3 is 1.75 bits per heavy atom. The average molecular weight is 525 g/mol. The minimum absolute atomic E-state index is 0.0837. The minimum Gasteiger partial charge on any atom is -0.406 e. The highest BCUT2D eigenvalue weighted by molar-refractivity contribution is 5.58. The van der Waals surface area contributed by atoms with Crippen LogP contribution in [0, 0.1) is 0 Å². The Hall–Kier alpha value is -4.11. The summed E-state index contributed by atoms with van der Waals surface area (Å²) < 4.78 is 120. The van der Waals surface area contributed by atoms with E-state index in [2.05, 4.69) is 35.0 Å². The first-order valence-corrected chi connectivity index (χ1v) is 9.48. The predicted molar refractivity (Wildman–Crippen MR) is 105 cm³/mol. The van der Waals surface area contributed by atoms with Crippen molar-refractivity contribution in [2.75, 3.05) is 5.32 Å². The molecule has 0 amide bonds. The minimum atomic E-state index is -4.91. The van der Waals surface area contributed by atoms with Crippen molar-refractivity contribution >= 4 is 17.5 Å². The van der Waals surface area contributed by atoms with Crippen LogP contribution in [0.15, 0.2) is 64.8 Å². The van der Waals surface area contributed by atoms with Crippen molar-refractivity contribution in [3.8, 4) is 11.5 Å². The quantitative estimate of drug-likeness (QED) is 0.258. The summed E-state index contributed by atoms with van der Waals surface area (Å²) in [7, 11) is 0. The molecule has 0 saturated heterocycles. The van der Waals surface area contributed by atoms with Gasteiger partial charge in [-0.1, -0.05) is 12.1 Å². The zero-order chi connectivity index (χ0) is 26.6. The molecule has 1 N–H and O–H groups in total. The molecular weight excluding hydrogens is 513 g/mol. The molecule has 7 nitrogen and oxygen atoms in total. The SMILES string of the molecule is FC(F)(F)Oc1ccc(CN=Nc2nc(Nc3ccc(OC(F)(F)F)cc3)cc(C(F)(F)F)n2)cc1. The van der Waals surface area contributed by atoms with Crippen molar-refractivity contribution in [3.63, 3.8) is 0 Å². The molecule has 0 aliphatic carbocycles. The molecule has 0 unspecified atom stereocenters. The maximum absolute atomic E-state index is 13.2. The first kappa shape index (κ1) is 26.5. The first-order chi connectivity index (χ1) is 16.7. The van der Waals surface area contributed by atoms with Crippen LogP contribution in [0.3, 0.4) is 0 Å². The fourth-order valence-corrected chi connectivity index (χ4v) is 2.55. The lowest BCUT2D eigenvalue weighted by atomic mass is 10.2. The third kappa shape index (κ3) is 8.59. The molecule has 0 spiro atoms. The van der Waals surface area contributed by atoms with Crippen molar-refractivity contribution in [3.05, 3.63) is 65.9 Å². The average Bonchev–Trinajstić information content (AvgIpc) is 2.74. The highest BCUT2D eigenvalue weighted by Gasteiger charge is 2.34. The summed E-state index contributed by atoms with van der Waals surface area (Å²) in [6.45, 7) is -0.227. The second-order valence-electron chi connectivity index (χ2n) is 6.72. The van der Waals surface area contributed by atoms with Crippen LogP contribution >= 0.6 is 0 Å². The Bertz CT molecular complexity index is 1190. The summed E-state index contributed by atoms with van der Waals surface area (Å²) in [6.07, 6.45) is -14.7. The van der Waals surface area contributed by atoms with Gasteiger partial charge >= 0.3 is 18.9 Å². The smallest absolute Gasteiger partial charge is 0.406 e. The molecule has 0 atom stereocenters. The van der Waals surface area contributed by atoms with Crippen LogP contribution in [0.25, 0.3) is 0 Å². The second kappa shape index (κ2) is 10.2. The molecular formula is C20H12F9N5O2. The highest BCUT2D eigenvalue weighted by Crippen LogP contribution is 2.32. The summed E-state index contributed by atoms with van der Waals surface area (Å²) >= 11 is 0. The summed E-state index contributed by atoms with van der Waals surface area (Å²) in [6, 6.07) is 9.18. The number of alkyl halides is 9. The van der Waals surface area contributed by atoms with E-state index in [4.69, 9.17) is 0 Å². The lowest BCUT2D eigenvalue weighted by molar-refractivity contribution is -0.275. The van der Waals surface area contributed by atoms with Crippen molar-refractivity contribution in [2.45, 2.75) is 25.4 Å². The molecule has 2 aromatic carbocycles. The van der Waals surface area contributed by atoms with Crippen molar-refractivity contribution in [1.82, 2.24) is 9.97 Å². The van der Waals surface area contributed by atoms with Gasteiger partial charge in [0.2, 0.25) is 0 Å². The zero-order valence-electron chi connectivity index (χ0n) is 17.4. The van der Waals surface area contributed by atoms with Gasteiger partial charge in [-0.25, -0.2) is 4.98 Å². The topological polar surface area (TPSA) is 81.0 Å². The van der Waals surface area contributed by atoms with Crippen LogP contribution in [0.4, 0.5) is 57.0 Å². The maximum Gasteiger partial charge on any atom is 0.573 e. The molecule has 3 rings (SSSR count). The number of nitrogens with zero attached hydrogens (tertiary/aromatic N) is 4. The third-order valence-electron chi connectivity index (χ3n) is 3.94. The van der Waals surface area contributed by atoms with Crippen LogP contribution < -0.4 is 14.8 Å². The van der Waals surface area contributed by atoms with Gasteiger partial charge in [-0.15, -0.1) is 31.5 Å². The molecule has 192 valence electrons. The number of halogens is 9. The van der Waals surface area contributed by atoms with Gasteiger partial charge in [0.05, 0.1) is 6.54 Å². The number of benzene rings is 2. The second-order valence-corrected chi connectivity index (χ2v) is 6.72. The van der Waals surface area contributed by atoms with Gasteiger partial charge in [0.25, 0.3) is 5.95 Å². The van der Waals surface area contributed by atoms with Crippen LogP contribution in [0.1, 0.15) is 11.3 Å². The number of hydrogen-bond donors (Lipinski definition) is 1. The van der Waals surface area contributed by atoms with Gasteiger partial charge in [-0.3, -0.25) is 0 Å². The van der Waals surface area contributed by atoms with E-state index in [-0.39, 0.29) is 18.1 Å². The maximum atomic E-state index is 13.2. The number of aromatic nitrogens is 2. The summed E-state index contributed by atoms with van der Waals surface area (Å²) in [5.41, 5.74) is -0.931. The van der Waals surface area contributed by atoms with Crippen LogP contribution in [-0.4, -0.2) is 22.7 Å². The molecule has 0 aliphatic rings. The molecule has 16 heteroatoms. The highest BCUT2D eigenvalue weighted by atomic mass is 19.4. The van der Waals surface area contributed by atoms with Crippen molar-refractivity contribution in [1.29, 1.82) is 0 Å². The molecule has 36 heavy (non-hydrogen) atoms. The van der Waals surface area contributed by atoms with E-state index >= 15 is 0 Å². The Kier molecular flexibility index (Phi) is 7.54. The number of anilines is 2. The van der Waals surface area contributed by atoms with Gasteiger partial charge in [-0.2, -0.15) is 23.3 Å². The Morgan fingerprint density at radius 2 is 1.25 bits per heavy atom. The van der Waals surface area contributed by atoms with E-state index in [1.165, 1.54) is 12.1 Å².